The second kappa shape index (κ2) is 7.89. The molecule has 3 N–H and O–H groups in total. The zero-order valence-electron chi connectivity index (χ0n) is 12.4. The van der Waals surface area contributed by atoms with E-state index < -0.39 is 6.03 Å². The van der Waals surface area contributed by atoms with E-state index in [1.165, 1.54) is 0 Å². The summed E-state index contributed by atoms with van der Waals surface area (Å²) in [5.41, 5.74) is 0.536. The molecule has 6 nitrogen and oxygen atoms in total. The Morgan fingerprint density at radius 1 is 1.36 bits per heavy atom. The molecule has 22 heavy (non-hydrogen) atoms. The molecule has 0 unspecified atom stereocenters. The van der Waals surface area contributed by atoms with E-state index in [-0.39, 0.29) is 18.5 Å². The number of hydrogen-bond acceptors (Lipinski definition) is 3. The molecule has 0 spiro atoms. The highest BCUT2D eigenvalue weighted by Crippen LogP contribution is 2.27. The molecule has 1 aromatic carbocycles. The summed E-state index contributed by atoms with van der Waals surface area (Å²) in [7, 11) is 0. The molecule has 0 atom stereocenters. The van der Waals surface area contributed by atoms with Gasteiger partial charge in [-0.2, -0.15) is 0 Å². The molecule has 3 amide bonds. The number of urea groups is 1. The molecule has 2 rings (SSSR count). The Kier molecular flexibility index (Phi) is 5.89. The van der Waals surface area contributed by atoms with Gasteiger partial charge in [0.2, 0.25) is 5.91 Å². The summed E-state index contributed by atoms with van der Waals surface area (Å²) in [5, 5.41) is 8.33. The number of anilines is 1. The van der Waals surface area contributed by atoms with Gasteiger partial charge in [-0.1, -0.05) is 18.5 Å². The molecule has 1 aromatic rings. The Balaban J connectivity index is 1.77. The summed E-state index contributed by atoms with van der Waals surface area (Å²) in [6.07, 6.45) is 2.92. The lowest BCUT2D eigenvalue weighted by Gasteiger charge is -2.10. The summed E-state index contributed by atoms with van der Waals surface area (Å²) in [4.78, 5) is 23.2. The van der Waals surface area contributed by atoms with Gasteiger partial charge in [0, 0.05) is 11.7 Å². The summed E-state index contributed by atoms with van der Waals surface area (Å²) in [6.45, 7) is 2.55. The van der Waals surface area contributed by atoms with Gasteiger partial charge in [0.05, 0.1) is 18.2 Å². The van der Waals surface area contributed by atoms with Gasteiger partial charge >= 0.3 is 6.03 Å². The van der Waals surface area contributed by atoms with Crippen molar-refractivity contribution in [3.05, 3.63) is 23.2 Å². The first kappa shape index (κ1) is 16.4. The van der Waals surface area contributed by atoms with Crippen LogP contribution in [0.1, 0.15) is 26.2 Å². The van der Waals surface area contributed by atoms with Gasteiger partial charge in [-0.25, -0.2) is 4.79 Å². The normalized spacial score (nSPS) is 13.4. The lowest BCUT2D eigenvalue weighted by atomic mass is 10.3. The zero-order valence-corrected chi connectivity index (χ0v) is 13.2. The number of carbonyl (C=O) groups is 2. The van der Waals surface area contributed by atoms with Gasteiger partial charge < -0.3 is 20.7 Å². The van der Waals surface area contributed by atoms with Gasteiger partial charge in [0.1, 0.15) is 5.75 Å². The van der Waals surface area contributed by atoms with Crippen molar-refractivity contribution in [3.8, 4) is 5.75 Å². The topological polar surface area (TPSA) is 79.5 Å². The van der Waals surface area contributed by atoms with Crippen molar-refractivity contribution in [2.45, 2.75) is 32.2 Å². The molecule has 1 aliphatic rings. The number of carbonyl (C=O) groups excluding carboxylic acids is 2. The molecule has 0 aliphatic heterocycles. The zero-order chi connectivity index (χ0) is 15.9. The van der Waals surface area contributed by atoms with Crippen LogP contribution in [0.3, 0.4) is 0 Å². The van der Waals surface area contributed by atoms with Crippen LogP contribution in [0.25, 0.3) is 0 Å². The van der Waals surface area contributed by atoms with Crippen molar-refractivity contribution in [1.82, 2.24) is 10.6 Å². The van der Waals surface area contributed by atoms with Crippen LogP contribution in [0, 0.1) is 0 Å². The van der Waals surface area contributed by atoms with E-state index >= 15 is 0 Å². The SMILES string of the molecule is CCCOc1ccc(NC(=O)NCC(=O)NC2CC2)cc1Cl. The summed E-state index contributed by atoms with van der Waals surface area (Å²) in [5.74, 6) is 0.400. The fraction of sp³-hybridized carbons (Fsp3) is 0.467. The summed E-state index contributed by atoms with van der Waals surface area (Å²) in [6, 6.07) is 4.83. The quantitative estimate of drug-likeness (QED) is 0.720. The Hall–Kier alpha value is -1.95. The second-order valence-electron chi connectivity index (χ2n) is 5.14. The average Bonchev–Trinajstić information content (AvgIpc) is 3.28. The van der Waals surface area contributed by atoms with E-state index in [9.17, 15) is 9.59 Å². The predicted molar refractivity (Wildman–Crippen MR) is 85.4 cm³/mol. The third kappa shape index (κ3) is 5.44. The van der Waals surface area contributed by atoms with Gasteiger partial charge in [0.15, 0.2) is 0 Å². The predicted octanol–water partition coefficient (Wildman–Crippen LogP) is 2.53. The minimum atomic E-state index is -0.454. The van der Waals surface area contributed by atoms with E-state index in [0.29, 0.717) is 23.1 Å². The summed E-state index contributed by atoms with van der Waals surface area (Å²) < 4.78 is 5.45. The number of rotatable bonds is 7. The van der Waals surface area contributed by atoms with Crippen LogP contribution in [-0.2, 0) is 4.79 Å². The van der Waals surface area contributed by atoms with Crippen molar-refractivity contribution in [3.63, 3.8) is 0 Å². The van der Waals surface area contributed by atoms with Gasteiger partial charge in [0.25, 0.3) is 0 Å². The molecular weight excluding hydrogens is 306 g/mol. The maximum Gasteiger partial charge on any atom is 0.319 e. The van der Waals surface area contributed by atoms with Crippen LogP contribution in [-0.4, -0.2) is 31.1 Å². The van der Waals surface area contributed by atoms with Crippen LogP contribution >= 0.6 is 11.6 Å². The molecule has 1 aliphatic carbocycles. The Bertz CT molecular complexity index is 547. The minimum Gasteiger partial charge on any atom is -0.492 e. The number of nitrogens with one attached hydrogen (secondary N) is 3. The maximum absolute atomic E-state index is 11.7. The lowest BCUT2D eigenvalue weighted by Crippen LogP contribution is -2.39. The Morgan fingerprint density at radius 2 is 2.14 bits per heavy atom. The fourth-order valence-electron chi connectivity index (χ4n) is 1.75. The average molecular weight is 326 g/mol. The highest BCUT2D eigenvalue weighted by molar-refractivity contribution is 6.32. The molecule has 0 bridgehead atoms. The largest absolute Gasteiger partial charge is 0.492 e. The van der Waals surface area contributed by atoms with E-state index in [0.717, 1.165) is 19.3 Å². The van der Waals surface area contributed by atoms with E-state index in [2.05, 4.69) is 16.0 Å². The number of hydrogen-bond donors (Lipinski definition) is 3. The molecule has 0 heterocycles. The Labute approximate surface area is 134 Å². The number of benzene rings is 1. The molecule has 7 heteroatoms. The highest BCUT2D eigenvalue weighted by Gasteiger charge is 2.23. The third-order valence-electron chi connectivity index (χ3n) is 3.00. The summed E-state index contributed by atoms with van der Waals surface area (Å²) >= 11 is 6.08. The molecule has 0 radical (unpaired) electrons. The number of halogens is 1. The highest BCUT2D eigenvalue weighted by atomic mass is 35.5. The monoisotopic (exact) mass is 325 g/mol. The fourth-order valence-corrected chi connectivity index (χ4v) is 1.98. The van der Waals surface area contributed by atoms with Crippen molar-refractivity contribution in [1.29, 1.82) is 0 Å². The standard InChI is InChI=1S/C15H20ClN3O3/c1-2-7-22-13-6-5-11(8-12(13)16)19-15(21)17-9-14(20)18-10-3-4-10/h5-6,8,10H,2-4,7,9H2,1H3,(H,18,20)(H2,17,19,21). The van der Waals surface area contributed by atoms with Crippen LogP contribution in [0.4, 0.5) is 10.5 Å². The molecule has 120 valence electrons. The Morgan fingerprint density at radius 3 is 2.77 bits per heavy atom. The maximum atomic E-state index is 11.7. The van der Waals surface area contributed by atoms with Gasteiger partial charge in [-0.15, -0.1) is 0 Å². The van der Waals surface area contributed by atoms with E-state index in [4.69, 9.17) is 16.3 Å². The first-order valence-electron chi connectivity index (χ1n) is 7.35. The second-order valence-corrected chi connectivity index (χ2v) is 5.55. The molecule has 1 saturated carbocycles. The van der Waals surface area contributed by atoms with Crippen LogP contribution in [0.15, 0.2) is 18.2 Å². The van der Waals surface area contributed by atoms with Crippen LogP contribution < -0.4 is 20.7 Å². The molecular formula is C15H20ClN3O3. The van der Waals surface area contributed by atoms with Crippen molar-refractivity contribution >= 4 is 29.2 Å². The molecule has 1 fully saturated rings. The minimum absolute atomic E-state index is 0.0479. The van der Waals surface area contributed by atoms with Gasteiger partial charge in [-0.05, 0) is 37.5 Å². The third-order valence-corrected chi connectivity index (χ3v) is 3.30. The number of ether oxygens (including phenoxy) is 1. The molecule has 0 aromatic heterocycles. The number of amides is 3. The van der Waals surface area contributed by atoms with Crippen molar-refractivity contribution in [2.24, 2.45) is 0 Å². The van der Waals surface area contributed by atoms with E-state index in [1.807, 2.05) is 6.92 Å². The smallest absolute Gasteiger partial charge is 0.319 e. The van der Waals surface area contributed by atoms with Crippen molar-refractivity contribution < 1.29 is 14.3 Å². The van der Waals surface area contributed by atoms with Crippen molar-refractivity contribution in [2.75, 3.05) is 18.5 Å². The lowest BCUT2D eigenvalue weighted by molar-refractivity contribution is -0.120. The van der Waals surface area contributed by atoms with Gasteiger partial charge in [-0.3, -0.25) is 4.79 Å². The van der Waals surface area contributed by atoms with Crippen LogP contribution in [0.5, 0.6) is 5.75 Å². The first-order valence-corrected chi connectivity index (χ1v) is 7.73. The molecule has 0 saturated heterocycles. The van der Waals surface area contributed by atoms with E-state index in [1.54, 1.807) is 18.2 Å². The first-order chi connectivity index (χ1) is 10.6. The van der Waals surface area contributed by atoms with Crippen LogP contribution in [0.2, 0.25) is 5.02 Å².